The Bertz CT molecular complexity index is 1340. The number of benzene rings is 2. The van der Waals surface area contributed by atoms with Gasteiger partial charge in [0.2, 0.25) is 0 Å². The van der Waals surface area contributed by atoms with Gasteiger partial charge in [0.25, 0.3) is 5.56 Å². The highest BCUT2D eigenvalue weighted by Gasteiger charge is 2.32. The third-order valence-corrected chi connectivity index (χ3v) is 6.67. The van der Waals surface area contributed by atoms with E-state index in [9.17, 15) is 4.79 Å². The van der Waals surface area contributed by atoms with Crippen LogP contribution in [0.3, 0.4) is 0 Å². The maximum atomic E-state index is 13.4. The second-order valence-corrected chi connectivity index (χ2v) is 9.33. The van der Waals surface area contributed by atoms with Crippen LogP contribution in [0.15, 0.2) is 53.3 Å². The van der Waals surface area contributed by atoms with E-state index in [0.29, 0.717) is 23.9 Å². The maximum Gasteiger partial charge on any atom is 0.253 e. The Morgan fingerprint density at radius 3 is 2.76 bits per heavy atom. The summed E-state index contributed by atoms with van der Waals surface area (Å²) >= 11 is 0. The Hall–Kier alpha value is -3.52. The number of aromatic amines is 1. The summed E-state index contributed by atoms with van der Waals surface area (Å²) in [6.07, 6.45) is 2.27. The lowest BCUT2D eigenvalue weighted by atomic mass is 9.95. The largest absolute Gasteiger partial charge is 0.497 e. The summed E-state index contributed by atoms with van der Waals surface area (Å²) in [6.45, 7) is 6.59. The molecule has 2 atom stereocenters. The normalized spacial score (nSPS) is 17.7. The Kier molecular flexibility index (Phi) is 6.15. The predicted octanol–water partition coefficient (Wildman–Crippen LogP) is 3.70. The van der Waals surface area contributed by atoms with E-state index in [0.717, 1.165) is 47.3 Å². The number of tetrazole rings is 1. The molecule has 1 saturated heterocycles. The third kappa shape index (κ3) is 4.46. The minimum atomic E-state index is -0.328. The SMILES string of the molecule is COc1ccc(Cn2nnnc2[C@@H](c2cc3ccc(C)cc3[nH]c2=O)N2CCC[C@@H](C)C2)cc1. The molecular weight excluding hydrogens is 428 g/mol. The van der Waals surface area contributed by atoms with Crippen molar-refractivity contribution in [3.63, 3.8) is 0 Å². The van der Waals surface area contributed by atoms with Gasteiger partial charge in [-0.3, -0.25) is 9.69 Å². The van der Waals surface area contributed by atoms with Crippen molar-refractivity contribution < 1.29 is 4.74 Å². The summed E-state index contributed by atoms with van der Waals surface area (Å²) in [5.41, 5.74) is 3.60. The summed E-state index contributed by atoms with van der Waals surface area (Å²) in [5.74, 6) is 2.03. The van der Waals surface area contributed by atoms with E-state index in [2.05, 4.69) is 44.5 Å². The molecule has 0 spiro atoms. The van der Waals surface area contributed by atoms with Crippen molar-refractivity contribution in [1.82, 2.24) is 30.1 Å². The Morgan fingerprint density at radius 1 is 1.18 bits per heavy atom. The zero-order valence-electron chi connectivity index (χ0n) is 19.9. The van der Waals surface area contributed by atoms with Crippen LogP contribution >= 0.6 is 0 Å². The fourth-order valence-electron chi connectivity index (χ4n) is 4.92. The summed E-state index contributed by atoms with van der Waals surface area (Å²) in [7, 11) is 1.65. The zero-order chi connectivity index (χ0) is 23.7. The summed E-state index contributed by atoms with van der Waals surface area (Å²) < 4.78 is 7.09. The molecule has 0 saturated carbocycles. The van der Waals surface area contributed by atoms with E-state index in [1.165, 1.54) is 6.42 Å². The van der Waals surface area contributed by atoms with Crippen molar-refractivity contribution in [3.8, 4) is 5.75 Å². The van der Waals surface area contributed by atoms with Gasteiger partial charge in [0.05, 0.1) is 13.7 Å². The number of hydrogen-bond donors (Lipinski definition) is 1. The molecule has 0 radical (unpaired) electrons. The molecule has 0 bridgehead atoms. The first-order valence-electron chi connectivity index (χ1n) is 11.8. The second-order valence-electron chi connectivity index (χ2n) is 9.33. The molecule has 4 aromatic rings. The van der Waals surface area contributed by atoms with Crippen LogP contribution in [0.1, 0.15) is 48.3 Å². The van der Waals surface area contributed by atoms with E-state index in [1.807, 2.05) is 48.0 Å². The van der Waals surface area contributed by atoms with Crippen molar-refractivity contribution in [2.75, 3.05) is 20.2 Å². The van der Waals surface area contributed by atoms with Crippen LogP contribution < -0.4 is 10.3 Å². The molecule has 1 fully saturated rings. The summed E-state index contributed by atoms with van der Waals surface area (Å²) in [6, 6.07) is 15.7. The van der Waals surface area contributed by atoms with Crippen molar-refractivity contribution in [3.05, 3.63) is 81.4 Å². The number of aromatic nitrogens is 5. The molecule has 5 rings (SSSR count). The smallest absolute Gasteiger partial charge is 0.253 e. The number of H-pyrrole nitrogens is 1. The lowest BCUT2D eigenvalue weighted by Gasteiger charge is -2.36. The number of hydrogen-bond acceptors (Lipinski definition) is 6. The molecule has 1 N–H and O–H groups in total. The first-order chi connectivity index (χ1) is 16.5. The van der Waals surface area contributed by atoms with Crippen LogP contribution in [0, 0.1) is 12.8 Å². The average molecular weight is 459 g/mol. The van der Waals surface area contributed by atoms with E-state index >= 15 is 0 Å². The molecule has 2 aromatic carbocycles. The molecule has 0 unspecified atom stereocenters. The maximum absolute atomic E-state index is 13.4. The Labute approximate surface area is 198 Å². The van der Waals surface area contributed by atoms with Gasteiger partial charge < -0.3 is 9.72 Å². The second kappa shape index (κ2) is 9.38. The van der Waals surface area contributed by atoms with Crippen molar-refractivity contribution in [1.29, 1.82) is 0 Å². The van der Waals surface area contributed by atoms with Crippen molar-refractivity contribution >= 4 is 10.9 Å². The topological polar surface area (TPSA) is 88.9 Å². The predicted molar refractivity (Wildman–Crippen MR) is 131 cm³/mol. The van der Waals surface area contributed by atoms with Crippen LogP contribution in [-0.2, 0) is 6.54 Å². The summed E-state index contributed by atoms with van der Waals surface area (Å²) in [5, 5.41) is 13.8. The lowest BCUT2D eigenvalue weighted by molar-refractivity contribution is 0.141. The first-order valence-corrected chi connectivity index (χ1v) is 11.8. The average Bonchev–Trinajstić information content (AvgIpc) is 3.28. The molecule has 3 heterocycles. The number of methoxy groups -OCH3 is 1. The quantitative estimate of drug-likeness (QED) is 0.474. The molecule has 1 aliphatic rings. The third-order valence-electron chi connectivity index (χ3n) is 6.67. The van der Waals surface area contributed by atoms with Crippen LogP contribution in [0.5, 0.6) is 5.75 Å². The Balaban J connectivity index is 1.59. The van der Waals surface area contributed by atoms with E-state index < -0.39 is 0 Å². The summed E-state index contributed by atoms with van der Waals surface area (Å²) in [4.78, 5) is 18.8. The van der Waals surface area contributed by atoms with Gasteiger partial charge in [-0.15, -0.1) is 5.10 Å². The molecule has 176 valence electrons. The molecule has 2 aromatic heterocycles. The first kappa shape index (κ1) is 22.3. The van der Waals surface area contributed by atoms with Crippen LogP contribution in [-0.4, -0.2) is 50.3 Å². The number of nitrogens with zero attached hydrogens (tertiary/aromatic N) is 5. The van der Waals surface area contributed by atoms with Gasteiger partial charge in [-0.1, -0.05) is 31.2 Å². The monoisotopic (exact) mass is 458 g/mol. The highest BCUT2D eigenvalue weighted by Crippen LogP contribution is 2.31. The molecule has 0 amide bonds. The number of nitrogens with one attached hydrogen (secondary N) is 1. The van der Waals surface area contributed by atoms with Gasteiger partial charge in [0, 0.05) is 17.6 Å². The highest BCUT2D eigenvalue weighted by molar-refractivity contribution is 5.79. The fourth-order valence-corrected chi connectivity index (χ4v) is 4.92. The van der Waals surface area contributed by atoms with Gasteiger partial charge in [0.15, 0.2) is 5.82 Å². The molecule has 8 heteroatoms. The number of aryl methyl sites for hydroxylation is 1. The van der Waals surface area contributed by atoms with Crippen LogP contribution in [0.2, 0.25) is 0 Å². The number of fused-ring (bicyclic) bond motifs is 1. The Morgan fingerprint density at radius 2 is 2.00 bits per heavy atom. The number of rotatable bonds is 6. The van der Waals surface area contributed by atoms with E-state index in [4.69, 9.17) is 4.74 Å². The number of ether oxygens (including phenoxy) is 1. The minimum Gasteiger partial charge on any atom is -0.497 e. The van der Waals surface area contributed by atoms with Crippen molar-refractivity contribution in [2.45, 2.75) is 39.3 Å². The standard InChI is InChI=1S/C26H30N6O2/c1-17-6-9-20-14-22(26(33)27-23(20)13-17)24(31-12-4-5-18(2)15-31)25-28-29-30-32(25)16-19-7-10-21(34-3)11-8-19/h6-11,13-14,18,24H,4-5,12,15-16H2,1-3H3,(H,27,33)/t18-,24-/m1/s1. The number of piperidine rings is 1. The molecular formula is C26H30N6O2. The molecule has 0 aliphatic carbocycles. The number of likely N-dealkylation sites (tertiary alicyclic amines) is 1. The van der Waals surface area contributed by atoms with Crippen LogP contribution in [0.4, 0.5) is 0 Å². The van der Waals surface area contributed by atoms with Crippen LogP contribution in [0.25, 0.3) is 10.9 Å². The van der Waals surface area contributed by atoms with Gasteiger partial charge in [-0.25, -0.2) is 4.68 Å². The molecule has 8 nitrogen and oxygen atoms in total. The molecule has 34 heavy (non-hydrogen) atoms. The van der Waals surface area contributed by atoms with E-state index in [1.54, 1.807) is 7.11 Å². The van der Waals surface area contributed by atoms with Gasteiger partial charge >= 0.3 is 0 Å². The lowest BCUT2D eigenvalue weighted by Crippen LogP contribution is -2.41. The van der Waals surface area contributed by atoms with E-state index in [-0.39, 0.29) is 11.6 Å². The van der Waals surface area contributed by atoms with Gasteiger partial charge in [0.1, 0.15) is 11.8 Å². The molecule has 1 aliphatic heterocycles. The number of pyridine rings is 1. The van der Waals surface area contributed by atoms with Gasteiger partial charge in [-0.05, 0) is 83.4 Å². The van der Waals surface area contributed by atoms with Gasteiger partial charge in [-0.2, -0.15) is 0 Å². The highest BCUT2D eigenvalue weighted by atomic mass is 16.5. The zero-order valence-corrected chi connectivity index (χ0v) is 19.9. The fraction of sp³-hybridized carbons (Fsp3) is 0.385. The minimum absolute atomic E-state index is 0.0969. The van der Waals surface area contributed by atoms with Crippen molar-refractivity contribution in [2.24, 2.45) is 5.92 Å².